The molecule has 3 aliphatic rings. The average Bonchev–Trinajstić information content (AvgIpc) is 2.89. The van der Waals surface area contributed by atoms with Crippen LogP contribution < -0.4 is 19.1 Å². The fourth-order valence-electron chi connectivity index (χ4n) is 4.79. The molecule has 34 heavy (non-hydrogen) atoms. The fourth-order valence-corrected chi connectivity index (χ4v) is 4.79. The highest BCUT2D eigenvalue weighted by Gasteiger charge is 2.25. The Bertz CT molecular complexity index is 1270. The summed E-state index contributed by atoms with van der Waals surface area (Å²) in [5.41, 5.74) is 4.75. The van der Waals surface area contributed by atoms with Gasteiger partial charge >= 0.3 is 0 Å². The lowest BCUT2D eigenvalue weighted by Gasteiger charge is -2.36. The average molecular weight is 453 g/mol. The molecule has 0 radical (unpaired) electrons. The van der Waals surface area contributed by atoms with E-state index < -0.39 is 0 Å². The second-order valence-electron chi connectivity index (χ2n) is 9.07. The second kappa shape index (κ2) is 8.82. The summed E-state index contributed by atoms with van der Waals surface area (Å²) in [5, 5.41) is 0. The summed E-state index contributed by atoms with van der Waals surface area (Å²) in [7, 11) is 0. The van der Waals surface area contributed by atoms with Gasteiger partial charge in [-0.2, -0.15) is 0 Å². The lowest BCUT2D eigenvalue weighted by Crippen LogP contribution is -2.34. The van der Waals surface area contributed by atoms with Crippen molar-refractivity contribution >= 4 is 5.69 Å². The molecule has 172 valence electrons. The Labute approximate surface area is 200 Å². The van der Waals surface area contributed by atoms with Gasteiger partial charge in [0.2, 0.25) is 0 Å². The largest absolute Gasteiger partial charge is 0.473 e. The standard InChI is InChI=1S/C29H28N2O3/c1-21-13-14-26(16-27(21)31-18-23-8-3-5-12-29(23)33-20-31)34-25-10-6-9-24(15-25)30-17-22-7-2-4-11-28(22)32-19-30/h2-12,14-16,21H,13,17-20H2,1H3. The maximum atomic E-state index is 6.34. The van der Waals surface area contributed by atoms with Crippen molar-refractivity contribution in [2.24, 2.45) is 5.92 Å². The SMILES string of the molecule is CC1CC=C(Oc2cccc(N3COc4ccccc4C3)c2)C=C1N1COc2ccccc2C1. The van der Waals surface area contributed by atoms with Gasteiger partial charge in [0.25, 0.3) is 0 Å². The molecule has 0 bridgehead atoms. The summed E-state index contributed by atoms with van der Waals surface area (Å²) in [6.45, 7) is 5.02. The minimum atomic E-state index is 0.415. The Kier molecular flexibility index (Phi) is 5.38. The minimum Gasteiger partial charge on any atom is -0.473 e. The van der Waals surface area contributed by atoms with Crippen LogP contribution in [0.3, 0.4) is 0 Å². The number of hydrogen-bond donors (Lipinski definition) is 0. The van der Waals surface area contributed by atoms with Crippen LogP contribution in [0.4, 0.5) is 5.69 Å². The molecule has 5 nitrogen and oxygen atoms in total. The highest BCUT2D eigenvalue weighted by Crippen LogP contribution is 2.34. The van der Waals surface area contributed by atoms with Crippen LogP contribution in [0.1, 0.15) is 24.5 Å². The first-order valence-corrected chi connectivity index (χ1v) is 11.8. The molecule has 3 aromatic rings. The molecule has 2 heterocycles. The topological polar surface area (TPSA) is 34.2 Å². The molecule has 0 amide bonds. The number of fused-ring (bicyclic) bond motifs is 2. The summed E-state index contributed by atoms with van der Waals surface area (Å²) in [5.74, 6) is 4.07. The third-order valence-corrected chi connectivity index (χ3v) is 6.67. The van der Waals surface area contributed by atoms with E-state index in [0.29, 0.717) is 19.4 Å². The van der Waals surface area contributed by atoms with Crippen LogP contribution in [-0.4, -0.2) is 18.4 Å². The van der Waals surface area contributed by atoms with Gasteiger partial charge < -0.3 is 24.0 Å². The van der Waals surface area contributed by atoms with Gasteiger partial charge in [-0.05, 0) is 48.8 Å². The Balaban J connectivity index is 1.18. The third kappa shape index (κ3) is 4.10. The van der Waals surface area contributed by atoms with Gasteiger partial charge in [0.1, 0.15) is 23.0 Å². The van der Waals surface area contributed by atoms with E-state index >= 15 is 0 Å². The van der Waals surface area contributed by atoms with Crippen molar-refractivity contribution in [1.82, 2.24) is 4.90 Å². The first kappa shape index (κ1) is 20.7. The highest BCUT2D eigenvalue weighted by atomic mass is 16.5. The number of nitrogens with zero attached hydrogens (tertiary/aromatic N) is 2. The molecular weight excluding hydrogens is 424 g/mol. The summed E-state index contributed by atoms with van der Waals surface area (Å²) < 4.78 is 18.3. The van der Waals surface area contributed by atoms with Crippen molar-refractivity contribution < 1.29 is 14.2 Å². The van der Waals surface area contributed by atoms with Gasteiger partial charge in [-0.25, -0.2) is 0 Å². The maximum Gasteiger partial charge on any atom is 0.161 e. The molecule has 1 unspecified atom stereocenters. The molecule has 0 saturated carbocycles. The van der Waals surface area contributed by atoms with Crippen molar-refractivity contribution in [2.45, 2.75) is 26.4 Å². The highest BCUT2D eigenvalue weighted by molar-refractivity contribution is 5.53. The van der Waals surface area contributed by atoms with Crippen molar-refractivity contribution in [2.75, 3.05) is 18.4 Å². The van der Waals surface area contributed by atoms with E-state index in [9.17, 15) is 0 Å². The van der Waals surface area contributed by atoms with Crippen LogP contribution in [0.25, 0.3) is 0 Å². The molecule has 0 fully saturated rings. The molecule has 2 aliphatic heterocycles. The number of rotatable bonds is 4. The predicted molar refractivity (Wildman–Crippen MR) is 133 cm³/mol. The van der Waals surface area contributed by atoms with E-state index in [4.69, 9.17) is 14.2 Å². The van der Waals surface area contributed by atoms with E-state index in [1.807, 2.05) is 36.4 Å². The quantitative estimate of drug-likeness (QED) is 0.479. The van der Waals surface area contributed by atoms with E-state index in [-0.39, 0.29) is 0 Å². The van der Waals surface area contributed by atoms with Crippen LogP contribution in [0.2, 0.25) is 0 Å². The van der Waals surface area contributed by atoms with E-state index in [2.05, 4.69) is 65.3 Å². The fraction of sp³-hybridized carbons (Fsp3) is 0.241. The number of allylic oxidation sites excluding steroid dienone is 3. The minimum absolute atomic E-state index is 0.415. The molecule has 6 rings (SSSR count). The molecule has 3 aromatic carbocycles. The molecule has 1 atom stereocenters. The van der Waals surface area contributed by atoms with Crippen LogP contribution in [0, 0.1) is 5.92 Å². The monoisotopic (exact) mass is 452 g/mol. The molecule has 1 aliphatic carbocycles. The molecular formula is C29H28N2O3. The molecule has 5 heteroatoms. The molecule has 0 saturated heterocycles. The lowest BCUT2D eigenvalue weighted by atomic mass is 9.96. The zero-order valence-corrected chi connectivity index (χ0v) is 19.3. The number of hydrogen-bond acceptors (Lipinski definition) is 5. The first-order valence-electron chi connectivity index (χ1n) is 11.8. The molecule has 0 aromatic heterocycles. The van der Waals surface area contributed by atoms with Crippen molar-refractivity contribution in [3.05, 3.63) is 108 Å². The van der Waals surface area contributed by atoms with Gasteiger partial charge in [0.05, 0.1) is 0 Å². The summed E-state index contributed by atoms with van der Waals surface area (Å²) in [6.07, 6.45) is 5.29. The smallest absolute Gasteiger partial charge is 0.161 e. The number of ether oxygens (including phenoxy) is 3. The third-order valence-electron chi connectivity index (χ3n) is 6.67. The zero-order chi connectivity index (χ0) is 22.9. The van der Waals surface area contributed by atoms with E-state index in [1.165, 1.54) is 16.8 Å². The molecule has 0 N–H and O–H groups in total. The zero-order valence-electron chi connectivity index (χ0n) is 19.3. The van der Waals surface area contributed by atoms with Crippen molar-refractivity contribution in [1.29, 1.82) is 0 Å². The predicted octanol–water partition coefficient (Wildman–Crippen LogP) is 6.08. The number of para-hydroxylation sites is 2. The van der Waals surface area contributed by atoms with Gasteiger partial charge in [-0.1, -0.05) is 49.4 Å². The summed E-state index contributed by atoms with van der Waals surface area (Å²) >= 11 is 0. The van der Waals surface area contributed by atoms with Gasteiger partial charge in [-0.15, -0.1) is 0 Å². The number of anilines is 1. The van der Waals surface area contributed by atoms with Crippen molar-refractivity contribution in [3.63, 3.8) is 0 Å². The number of benzene rings is 3. The maximum absolute atomic E-state index is 6.34. The van der Waals surface area contributed by atoms with Gasteiger partial charge in [0, 0.05) is 41.7 Å². The Morgan fingerprint density at radius 2 is 1.47 bits per heavy atom. The Hall–Kier alpha value is -3.86. The summed E-state index contributed by atoms with van der Waals surface area (Å²) in [4.78, 5) is 4.53. The lowest BCUT2D eigenvalue weighted by molar-refractivity contribution is 0.116. The first-order chi connectivity index (χ1) is 16.7. The second-order valence-corrected chi connectivity index (χ2v) is 9.07. The Morgan fingerprint density at radius 1 is 0.794 bits per heavy atom. The Morgan fingerprint density at radius 3 is 2.24 bits per heavy atom. The van der Waals surface area contributed by atoms with Crippen LogP contribution in [-0.2, 0) is 13.1 Å². The molecule has 0 spiro atoms. The van der Waals surface area contributed by atoms with Crippen LogP contribution in [0.15, 0.2) is 96.4 Å². The van der Waals surface area contributed by atoms with Crippen LogP contribution >= 0.6 is 0 Å². The van der Waals surface area contributed by atoms with Gasteiger partial charge in [0.15, 0.2) is 13.5 Å². The van der Waals surface area contributed by atoms with E-state index in [1.54, 1.807) is 0 Å². The van der Waals surface area contributed by atoms with Gasteiger partial charge in [-0.3, -0.25) is 0 Å². The normalized spacial score (nSPS) is 19.1. The van der Waals surface area contributed by atoms with E-state index in [0.717, 1.165) is 48.2 Å². The van der Waals surface area contributed by atoms with Crippen molar-refractivity contribution in [3.8, 4) is 17.2 Å². The summed E-state index contributed by atoms with van der Waals surface area (Å²) in [6, 6.07) is 24.7. The van der Waals surface area contributed by atoms with Crippen LogP contribution in [0.5, 0.6) is 17.2 Å².